The first-order valence-corrected chi connectivity index (χ1v) is 17.2. The molecule has 14 nitrogen and oxygen atoms in total. The van der Waals surface area contributed by atoms with Gasteiger partial charge in [-0.05, 0) is 48.4 Å². The summed E-state index contributed by atoms with van der Waals surface area (Å²) in [7, 11) is 1.50. The van der Waals surface area contributed by atoms with Gasteiger partial charge < -0.3 is 30.1 Å². The number of carbonyl (C=O) groups is 2. The van der Waals surface area contributed by atoms with Gasteiger partial charge in [0, 0.05) is 56.6 Å². The number of halogens is 4. The van der Waals surface area contributed by atoms with Gasteiger partial charge in [-0.2, -0.15) is 13.2 Å². The van der Waals surface area contributed by atoms with Crippen LogP contribution in [-0.2, 0) is 27.7 Å². The molecule has 0 radical (unpaired) electrons. The molecule has 290 valence electrons. The van der Waals surface area contributed by atoms with Gasteiger partial charge in [-0.3, -0.25) is 24.1 Å². The van der Waals surface area contributed by atoms with Crippen LogP contribution in [0.4, 0.5) is 23.2 Å². The summed E-state index contributed by atoms with van der Waals surface area (Å²) >= 11 is 0. The van der Waals surface area contributed by atoms with Crippen LogP contribution in [0, 0.1) is 12.7 Å². The molecule has 0 saturated carbocycles. The van der Waals surface area contributed by atoms with Gasteiger partial charge in [0.05, 0.1) is 53.7 Å². The number of rotatable bonds is 12. The molecule has 3 aromatic heterocycles. The van der Waals surface area contributed by atoms with E-state index in [2.05, 4.69) is 20.6 Å². The highest BCUT2D eigenvalue weighted by atomic mass is 19.4. The van der Waals surface area contributed by atoms with Crippen molar-refractivity contribution in [2.45, 2.75) is 31.6 Å². The Kier molecular flexibility index (Phi) is 11.6. The van der Waals surface area contributed by atoms with Crippen LogP contribution >= 0.6 is 0 Å². The van der Waals surface area contributed by atoms with Gasteiger partial charge >= 0.3 is 17.8 Å². The molecule has 2 atom stereocenters. The van der Waals surface area contributed by atoms with Crippen molar-refractivity contribution in [3.8, 4) is 5.69 Å². The summed E-state index contributed by atoms with van der Waals surface area (Å²) in [6.45, 7) is 0.707. The molecule has 1 fully saturated rings. The molecule has 0 aliphatic carbocycles. The average molecular weight is 768 g/mol. The molecule has 55 heavy (non-hydrogen) atoms. The lowest BCUT2D eigenvalue weighted by atomic mass is 9.99. The van der Waals surface area contributed by atoms with Gasteiger partial charge in [-0.25, -0.2) is 18.5 Å². The predicted molar refractivity (Wildman–Crippen MR) is 193 cm³/mol. The SMILES string of the molecule is Cc1cc(N2CCOC[C@@H]2C(F)(F)F)cc(F)c1C(=O)NC(Cc1ccc(-n2c(=O)c3ccncc3n(C)c2=O)c2ncccc12)C(=O)OCCNCCO. The standard InChI is InChI=1S/C37H37F4N7O7/c1-21-16-23(47-12-15-54-20-30(47)37(39,40)41)18-26(38)31(21)33(50)45-27(35(52)55-14-11-42-10-13-49)17-22-5-6-28(32-24(22)4-3-8-44-32)48-34(51)25-7-9-43-19-29(25)46(2)36(48)53/h3-9,16,18-19,27,30,42,49H,10-15,17,20H2,1-2H3,(H,45,50)/t27?,30-/m1/s1. The van der Waals surface area contributed by atoms with Gasteiger partial charge in [0.1, 0.15) is 24.5 Å². The van der Waals surface area contributed by atoms with Crippen LogP contribution < -0.4 is 26.8 Å². The van der Waals surface area contributed by atoms with E-state index in [0.717, 1.165) is 15.5 Å². The van der Waals surface area contributed by atoms with Crippen LogP contribution in [0.1, 0.15) is 21.5 Å². The summed E-state index contributed by atoms with van der Waals surface area (Å²) in [5, 5.41) is 15.1. The number of aliphatic hydroxyl groups excluding tert-OH is 1. The van der Waals surface area contributed by atoms with E-state index in [1.807, 2.05) is 0 Å². The van der Waals surface area contributed by atoms with Crippen molar-refractivity contribution < 1.29 is 41.7 Å². The van der Waals surface area contributed by atoms with Crippen molar-refractivity contribution in [2.24, 2.45) is 7.05 Å². The molecule has 5 aromatic rings. The Morgan fingerprint density at radius 1 is 1.11 bits per heavy atom. The van der Waals surface area contributed by atoms with E-state index < -0.39 is 59.4 Å². The lowest BCUT2D eigenvalue weighted by Gasteiger charge is -2.38. The zero-order chi connectivity index (χ0) is 39.4. The number of hydrogen-bond acceptors (Lipinski definition) is 11. The molecule has 6 rings (SSSR count). The zero-order valence-electron chi connectivity index (χ0n) is 29.7. The van der Waals surface area contributed by atoms with Crippen LogP contribution in [0.15, 0.2) is 70.6 Å². The van der Waals surface area contributed by atoms with Crippen LogP contribution in [0.5, 0.6) is 0 Å². The monoisotopic (exact) mass is 767 g/mol. The topological polar surface area (TPSA) is 170 Å². The maximum atomic E-state index is 15.7. The number of aryl methyl sites for hydroxylation is 2. The molecule has 2 aromatic carbocycles. The second kappa shape index (κ2) is 16.3. The Labute approximate surface area is 310 Å². The number of alkyl halides is 3. The second-order valence-electron chi connectivity index (χ2n) is 12.8. The van der Waals surface area contributed by atoms with Gasteiger partial charge in [0.2, 0.25) is 0 Å². The van der Waals surface area contributed by atoms with Crippen LogP contribution in [0.25, 0.3) is 27.5 Å². The van der Waals surface area contributed by atoms with E-state index in [-0.39, 0.29) is 73.7 Å². The minimum absolute atomic E-state index is 0.00660. The fraction of sp³-hybridized carbons (Fsp3) is 0.351. The first-order chi connectivity index (χ1) is 26.3. The summed E-state index contributed by atoms with van der Waals surface area (Å²) in [5.41, 5.74) is -0.623. The van der Waals surface area contributed by atoms with E-state index in [0.29, 0.717) is 16.5 Å². The molecule has 1 saturated heterocycles. The normalized spacial score (nSPS) is 15.3. The van der Waals surface area contributed by atoms with Gasteiger partial charge in [0.25, 0.3) is 11.5 Å². The highest BCUT2D eigenvalue weighted by Gasteiger charge is 2.45. The van der Waals surface area contributed by atoms with Crippen molar-refractivity contribution in [3.63, 3.8) is 0 Å². The molecule has 1 amide bonds. The predicted octanol–water partition coefficient (Wildman–Crippen LogP) is 2.31. The number of esters is 1. The molecule has 0 bridgehead atoms. The van der Waals surface area contributed by atoms with Crippen molar-refractivity contribution in [2.75, 3.05) is 51.0 Å². The maximum Gasteiger partial charge on any atom is 0.411 e. The second-order valence-corrected chi connectivity index (χ2v) is 12.8. The maximum absolute atomic E-state index is 15.7. The Morgan fingerprint density at radius 2 is 1.91 bits per heavy atom. The Hall–Kier alpha value is -5.72. The fourth-order valence-electron chi connectivity index (χ4n) is 6.62. The molecule has 18 heteroatoms. The van der Waals surface area contributed by atoms with Gasteiger partial charge in [-0.15, -0.1) is 0 Å². The van der Waals surface area contributed by atoms with E-state index >= 15 is 4.39 Å². The number of nitrogens with zero attached hydrogens (tertiary/aromatic N) is 5. The van der Waals surface area contributed by atoms with E-state index in [1.54, 1.807) is 18.2 Å². The summed E-state index contributed by atoms with van der Waals surface area (Å²) in [4.78, 5) is 63.8. The summed E-state index contributed by atoms with van der Waals surface area (Å²) in [6, 6.07) is 6.51. The number of amides is 1. The minimum Gasteiger partial charge on any atom is -0.463 e. The van der Waals surface area contributed by atoms with Gasteiger partial charge in [-0.1, -0.05) is 12.1 Å². The molecule has 4 heterocycles. The lowest BCUT2D eigenvalue weighted by molar-refractivity contribution is -0.167. The van der Waals surface area contributed by atoms with E-state index in [4.69, 9.17) is 14.6 Å². The van der Waals surface area contributed by atoms with Gasteiger partial charge in [0.15, 0.2) is 0 Å². The van der Waals surface area contributed by atoms with Crippen molar-refractivity contribution in [1.82, 2.24) is 29.7 Å². The molecule has 1 aliphatic heterocycles. The minimum atomic E-state index is -4.65. The first-order valence-electron chi connectivity index (χ1n) is 17.2. The van der Waals surface area contributed by atoms with Crippen molar-refractivity contribution in [1.29, 1.82) is 0 Å². The Balaban J connectivity index is 1.35. The molecular weight excluding hydrogens is 730 g/mol. The third kappa shape index (κ3) is 8.06. The number of ether oxygens (including phenoxy) is 2. The number of nitrogens with one attached hydrogen (secondary N) is 2. The number of morpholine rings is 1. The Morgan fingerprint density at radius 3 is 2.65 bits per heavy atom. The lowest BCUT2D eigenvalue weighted by Crippen LogP contribution is -2.53. The number of anilines is 1. The molecule has 3 N–H and O–H groups in total. The van der Waals surface area contributed by atoms with E-state index in [9.17, 15) is 32.3 Å². The largest absolute Gasteiger partial charge is 0.463 e. The summed E-state index contributed by atoms with van der Waals surface area (Å²) in [6.07, 6.45) is -0.561. The molecular formula is C37H37F4N7O7. The summed E-state index contributed by atoms with van der Waals surface area (Å²) in [5.74, 6) is -3.00. The molecule has 1 aliphatic rings. The van der Waals surface area contributed by atoms with Crippen LogP contribution in [0.2, 0.25) is 0 Å². The Bertz CT molecular complexity index is 2340. The van der Waals surface area contributed by atoms with Crippen LogP contribution in [0.3, 0.4) is 0 Å². The van der Waals surface area contributed by atoms with Crippen LogP contribution in [-0.4, -0.2) is 100 Å². The smallest absolute Gasteiger partial charge is 0.411 e. The molecule has 1 unspecified atom stereocenters. The third-order valence-electron chi connectivity index (χ3n) is 9.32. The third-order valence-corrected chi connectivity index (χ3v) is 9.32. The fourth-order valence-corrected chi connectivity index (χ4v) is 6.62. The highest BCUT2D eigenvalue weighted by Crippen LogP contribution is 2.33. The summed E-state index contributed by atoms with van der Waals surface area (Å²) < 4.78 is 69.8. The number of benzene rings is 2. The highest BCUT2D eigenvalue weighted by molar-refractivity contribution is 5.99. The number of pyridine rings is 2. The number of carbonyl (C=O) groups excluding carboxylic acids is 2. The number of fused-ring (bicyclic) bond motifs is 2. The molecule has 0 spiro atoms. The first kappa shape index (κ1) is 39.0. The number of hydrogen-bond donors (Lipinski definition) is 3. The average Bonchev–Trinajstić information content (AvgIpc) is 3.16. The van der Waals surface area contributed by atoms with Crippen molar-refractivity contribution >= 4 is 39.4 Å². The zero-order valence-corrected chi connectivity index (χ0v) is 29.7. The number of aromatic nitrogens is 4. The van der Waals surface area contributed by atoms with Crippen molar-refractivity contribution in [3.05, 3.63) is 104 Å². The quantitative estimate of drug-likeness (QED) is 0.0968. The number of aliphatic hydroxyl groups is 1. The van der Waals surface area contributed by atoms with E-state index in [1.165, 1.54) is 55.3 Å².